The van der Waals surface area contributed by atoms with E-state index in [9.17, 15) is 13.9 Å². The van der Waals surface area contributed by atoms with E-state index in [0.717, 1.165) is 4.90 Å². The maximum absolute atomic E-state index is 13.9. The molecule has 6 heteroatoms. The number of aliphatic hydroxyl groups excluding tert-OH is 1. The quantitative estimate of drug-likeness (QED) is 0.581. The van der Waals surface area contributed by atoms with Crippen LogP contribution in [-0.2, 0) is 0 Å². The molecule has 0 fully saturated rings. The van der Waals surface area contributed by atoms with Crippen LogP contribution in [0.25, 0.3) is 0 Å². The van der Waals surface area contributed by atoms with E-state index in [1.54, 1.807) is 18.2 Å². The lowest BCUT2D eigenvalue weighted by Crippen LogP contribution is -2.04. The van der Waals surface area contributed by atoms with Gasteiger partial charge < -0.3 is 5.11 Å². The Morgan fingerprint density at radius 1 is 1.15 bits per heavy atom. The molecule has 0 aliphatic heterocycles. The summed E-state index contributed by atoms with van der Waals surface area (Å²) in [5.74, 6) is -0.700. The molecule has 0 saturated carbocycles. The Morgan fingerprint density at radius 2 is 1.80 bits per heavy atom. The molecule has 2 rings (SSSR count). The minimum Gasteiger partial charge on any atom is -0.387 e. The van der Waals surface area contributed by atoms with Crippen molar-refractivity contribution in [3.63, 3.8) is 0 Å². The minimum atomic E-state index is -0.990. The van der Waals surface area contributed by atoms with Crippen molar-refractivity contribution in [3.05, 3.63) is 63.1 Å². The number of rotatable bonds is 4. The second-order valence-electron chi connectivity index (χ2n) is 4.05. The van der Waals surface area contributed by atoms with Gasteiger partial charge in [0.05, 0.1) is 11.1 Å². The molecule has 0 heterocycles. The predicted octanol–water partition coefficient (Wildman–Crippen LogP) is 5.21. The molecule has 0 aliphatic rings. The Labute approximate surface area is 133 Å². The lowest BCUT2D eigenvalue weighted by Gasteiger charge is -2.13. The Morgan fingerprint density at radius 3 is 2.45 bits per heavy atom. The highest BCUT2D eigenvalue weighted by Crippen LogP contribution is 2.32. The molecule has 1 atom stereocenters. The molecule has 2 aromatic carbocycles. The van der Waals surface area contributed by atoms with Gasteiger partial charge in [-0.15, -0.1) is 11.8 Å². The van der Waals surface area contributed by atoms with Crippen LogP contribution in [0.4, 0.5) is 8.78 Å². The van der Waals surface area contributed by atoms with Crippen molar-refractivity contribution < 1.29 is 13.9 Å². The normalized spacial score (nSPS) is 12.4. The van der Waals surface area contributed by atoms with Gasteiger partial charge in [0.15, 0.2) is 0 Å². The molecule has 20 heavy (non-hydrogen) atoms. The molecule has 2 aromatic rings. The fourth-order valence-electron chi connectivity index (χ4n) is 1.59. The first-order valence-corrected chi connectivity index (χ1v) is 7.84. The van der Waals surface area contributed by atoms with Crippen molar-refractivity contribution >= 4 is 39.3 Å². The van der Waals surface area contributed by atoms with Gasteiger partial charge in [-0.1, -0.05) is 17.7 Å². The van der Waals surface area contributed by atoms with Crippen molar-refractivity contribution in [1.82, 2.24) is 0 Å². The molecule has 0 spiro atoms. The van der Waals surface area contributed by atoms with Crippen molar-refractivity contribution in [2.75, 3.05) is 5.75 Å². The van der Waals surface area contributed by atoms with Gasteiger partial charge in [0, 0.05) is 20.7 Å². The second-order valence-corrected chi connectivity index (χ2v) is 6.37. The van der Waals surface area contributed by atoms with E-state index >= 15 is 0 Å². The van der Waals surface area contributed by atoms with Crippen molar-refractivity contribution in [1.29, 1.82) is 0 Å². The summed E-state index contributed by atoms with van der Waals surface area (Å²) in [7, 11) is 0. The first-order valence-electron chi connectivity index (χ1n) is 5.69. The minimum absolute atomic E-state index is 0.0478. The standard InChI is InChI=1S/C14H10BrClF2OS/c15-11-6-5-10(14(18)13(11)16)12(19)7-20-9-3-1-8(17)2-4-9/h1-6,12,19H,7H2. The number of benzene rings is 2. The van der Waals surface area contributed by atoms with E-state index < -0.39 is 11.9 Å². The van der Waals surface area contributed by atoms with Crippen LogP contribution in [-0.4, -0.2) is 10.9 Å². The largest absolute Gasteiger partial charge is 0.387 e. The van der Waals surface area contributed by atoms with Crippen LogP contribution in [0, 0.1) is 11.6 Å². The predicted molar refractivity (Wildman–Crippen MR) is 81.2 cm³/mol. The summed E-state index contributed by atoms with van der Waals surface area (Å²) < 4.78 is 27.1. The smallest absolute Gasteiger partial charge is 0.148 e. The van der Waals surface area contributed by atoms with Gasteiger partial charge in [0.1, 0.15) is 11.6 Å². The van der Waals surface area contributed by atoms with Crippen LogP contribution >= 0.6 is 39.3 Å². The Hall–Kier alpha value is -0.620. The topological polar surface area (TPSA) is 20.2 Å². The van der Waals surface area contributed by atoms with Gasteiger partial charge in [-0.05, 0) is 46.3 Å². The molecular formula is C14H10BrClF2OS. The van der Waals surface area contributed by atoms with Crippen molar-refractivity contribution in [2.24, 2.45) is 0 Å². The highest BCUT2D eigenvalue weighted by molar-refractivity contribution is 9.10. The summed E-state index contributed by atoms with van der Waals surface area (Å²) >= 11 is 10.2. The molecular weight excluding hydrogens is 370 g/mol. The third-order valence-corrected chi connectivity index (χ3v) is 4.99. The van der Waals surface area contributed by atoms with Gasteiger partial charge in [-0.2, -0.15) is 0 Å². The molecule has 0 amide bonds. The molecule has 106 valence electrons. The number of thioether (sulfide) groups is 1. The lowest BCUT2D eigenvalue weighted by molar-refractivity contribution is 0.199. The Balaban J connectivity index is 2.07. The van der Waals surface area contributed by atoms with Crippen LogP contribution in [0.5, 0.6) is 0 Å². The molecule has 1 N–H and O–H groups in total. The van der Waals surface area contributed by atoms with Crippen LogP contribution in [0.15, 0.2) is 45.8 Å². The SMILES string of the molecule is OC(CSc1ccc(F)cc1)c1ccc(Br)c(Cl)c1F. The van der Waals surface area contributed by atoms with Gasteiger partial charge in [-0.25, -0.2) is 8.78 Å². The fraction of sp³-hybridized carbons (Fsp3) is 0.143. The average Bonchev–Trinajstić information content (AvgIpc) is 2.44. The van der Waals surface area contributed by atoms with E-state index in [2.05, 4.69) is 15.9 Å². The Kier molecular flexibility index (Phi) is 5.43. The van der Waals surface area contributed by atoms with Gasteiger partial charge >= 0.3 is 0 Å². The van der Waals surface area contributed by atoms with E-state index in [1.165, 1.54) is 30.0 Å². The van der Waals surface area contributed by atoms with Gasteiger partial charge in [-0.3, -0.25) is 0 Å². The van der Waals surface area contributed by atoms with Crippen LogP contribution < -0.4 is 0 Å². The first-order chi connectivity index (χ1) is 9.49. The summed E-state index contributed by atoms with van der Waals surface area (Å²) in [6.45, 7) is 0. The van der Waals surface area contributed by atoms with Gasteiger partial charge in [0.2, 0.25) is 0 Å². The molecule has 0 saturated heterocycles. The van der Waals surface area contributed by atoms with Crippen LogP contribution in [0.3, 0.4) is 0 Å². The first kappa shape index (κ1) is 15.8. The maximum Gasteiger partial charge on any atom is 0.148 e. The number of halogens is 4. The van der Waals surface area contributed by atoms with Crippen molar-refractivity contribution in [2.45, 2.75) is 11.0 Å². The third kappa shape index (κ3) is 3.73. The molecule has 1 unspecified atom stereocenters. The van der Waals surface area contributed by atoms with Crippen molar-refractivity contribution in [3.8, 4) is 0 Å². The monoisotopic (exact) mass is 378 g/mol. The zero-order valence-electron chi connectivity index (χ0n) is 10.1. The average molecular weight is 380 g/mol. The van der Waals surface area contributed by atoms with Crippen LogP contribution in [0.2, 0.25) is 5.02 Å². The highest BCUT2D eigenvalue weighted by Gasteiger charge is 2.17. The molecule has 1 nitrogen and oxygen atoms in total. The lowest BCUT2D eigenvalue weighted by atomic mass is 10.1. The van der Waals surface area contributed by atoms with E-state index in [1.807, 2.05) is 0 Å². The summed E-state index contributed by atoms with van der Waals surface area (Å²) in [6, 6.07) is 8.97. The summed E-state index contributed by atoms with van der Waals surface area (Å²) in [4.78, 5) is 0.800. The number of aliphatic hydroxyl groups is 1. The highest BCUT2D eigenvalue weighted by atomic mass is 79.9. The van der Waals surface area contributed by atoms with E-state index in [4.69, 9.17) is 11.6 Å². The molecule has 0 aliphatic carbocycles. The molecule has 0 radical (unpaired) electrons. The summed E-state index contributed by atoms with van der Waals surface area (Å²) in [5, 5.41) is 9.98. The zero-order valence-corrected chi connectivity index (χ0v) is 13.3. The molecule has 0 bridgehead atoms. The molecule has 0 aromatic heterocycles. The maximum atomic E-state index is 13.9. The van der Waals surface area contributed by atoms with Crippen LogP contribution in [0.1, 0.15) is 11.7 Å². The zero-order chi connectivity index (χ0) is 14.7. The number of hydrogen-bond donors (Lipinski definition) is 1. The van der Waals surface area contributed by atoms with E-state index in [-0.39, 0.29) is 22.2 Å². The summed E-state index contributed by atoms with van der Waals surface area (Å²) in [6.07, 6.45) is -0.990. The Bertz CT molecular complexity index is 607. The third-order valence-electron chi connectivity index (χ3n) is 2.65. The number of hydrogen-bond acceptors (Lipinski definition) is 2. The van der Waals surface area contributed by atoms with Gasteiger partial charge in [0.25, 0.3) is 0 Å². The second kappa shape index (κ2) is 6.89. The summed E-state index contributed by atoms with van der Waals surface area (Å²) in [5.41, 5.74) is 0.146. The fourth-order valence-corrected chi connectivity index (χ4v) is 2.93. The van der Waals surface area contributed by atoms with E-state index in [0.29, 0.717) is 4.47 Å².